The van der Waals surface area contributed by atoms with Crippen LogP contribution < -0.4 is 11.1 Å². The zero-order chi connectivity index (χ0) is 28.5. The molecular formula is C29H44Cl2N4O2. The number of nitrogens with one attached hydrogen (secondary N) is 1. The lowest BCUT2D eigenvalue weighted by Gasteiger charge is -2.22. The highest BCUT2D eigenvalue weighted by atomic mass is 35.5. The van der Waals surface area contributed by atoms with Gasteiger partial charge in [0, 0.05) is 37.2 Å². The second-order valence-electron chi connectivity index (χ2n) is 8.42. The van der Waals surface area contributed by atoms with E-state index in [1.807, 2.05) is 65.0 Å². The predicted octanol–water partition coefficient (Wildman–Crippen LogP) is 6.55. The Morgan fingerprint density at radius 2 is 1.92 bits per heavy atom. The number of hydrogen-bond donors (Lipinski definition) is 2. The first-order valence-corrected chi connectivity index (χ1v) is 13.6. The largest absolute Gasteiger partial charge is 0.343 e. The molecule has 8 heteroatoms. The lowest BCUT2D eigenvalue weighted by molar-refractivity contribution is -0.125. The molecule has 2 bridgehead atoms. The molecule has 0 radical (unpaired) electrons. The minimum Gasteiger partial charge on any atom is -0.343 e. The number of allylic oxidation sites excluding steroid dienone is 7. The average Bonchev–Trinajstić information content (AvgIpc) is 2.84. The normalized spacial score (nSPS) is 20.5. The molecule has 1 aliphatic carbocycles. The van der Waals surface area contributed by atoms with E-state index < -0.39 is 0 Å². The van der Waals surface area contributed by atoms with Crippen LogP contribution >= 0.6 is 23.2 Å². The van der Waals surface area contributed by atoms with Crippen molar-refractivity contribution in [1.82, 2.24) is 10.2 Å². The number of amidine groups is 1. The molecule has 37 heavy (non-hydrogen) atoms. The summed E-state index contributed by atoms with van der Waals surface area (Å²) in [6.07, 6.45) is 15.2. The molecule has 0 spiro atoms. The van der Waals surface area contributed by atoms with Crippen molar-refractivity contribution in [3.8, 4) is 0 Å². The van der Waals surface area contributed by atoms with Crippen molar-refractivity contribution in [2.75, 3.05) is 13.6 Å². The third-order valence-corrected chi connectivity index (χ3v) is 5.72. The Labute approximate surface area is 233 Å². The first-order chi connectivity index (χ1) is 17.5. The quantitative estimate of drug-likeness (QED) is 0.265. The molecule has 0 aromatic heterocycles. The van der Waals surface area contributed by atoms with Crippen LogP contribution in [0.25, 0.3) is 0 Å². The van der Waals surface area contributed by atoms with Crippen LogP contribution in [0.15, 0.2) is 74.4 Å². The molecule has 206 valence electrons. The molecule has 0 saturated heterocycles. The van der Waals surface area contributed by atoms with E-state index in [2.05, 4.69) is 10.3 Å². The number of aliphatic imine (C=N–C) groups is 1. The number of fused-ring (bicyclic) bond motifs is 1. The van der Waals surface area contributed by atoms with Gasteiger partial charge in [0.15, 0.2) is 0 Å². The second kappa shape index (κ2) is 18.8. The highest BCUT2D eigenvalue weighted by Crippen LogP contribution is 2.21. The molecule has 1 heterocycles. The number of rotatable bonds is 8. The summed E-state index contributed by atoms with van der Waals surface area (Å²) in [6.45, 7) is 13.8. The van der Waals surface area contributed by atoms with E-state index in [4.69, 9.17) is 28.9 Å². The summed E-state index contributed by atoms with van der Waals surface area (Å²) in [7, 11) is 1.76. The van der Waals surface area contributed by atoms with Crippen LogP contribution in [0.1, 0.15) is 67.7 Å². The van der Waals surface area contributed by atoms with Gasteiger partial charge >= 0.3 is 0 Å². The highest BCUT2D eigenvalue weighted by Gasteiger charge is 2.17. The molecular weight excluding hydrogens is 507 g/mol. The minimum absolute atomic E-state index is 0.0136. The Morgan fingerprint density at radius 3 is 2.43 bits per heavy atom. The maximum atomic E-state index is 12.2. The smallest absolute Gasteiger partial charge is 0.254 e. The van der Waals surface area contributed by atoms with Crippen LogP contribution in [0.2, 0.25) is 0 Å². The molecule has 2 unspecified atom stereocenters. The summed E-state index contributed by atoms with van der Waals surface area (Å²) in [5.41, 5.74) is 8.12. The summed E-state index contributed by atoms with van der Waals surface area (Å²) < 4.78 is 0. The maximum Gasteiger partial charge on any atom is 0.254 e. The Morgan fingerprint density at radius 1 is 1.27 bits per heavy atom. The lowest BCUT2D eigenvalue weighted by Crippen LogP contribution is -2.41. The Kier molecular flexibility index (Phi) is 17.6. The molecule has 2 rings (SSSR count). The van der Waals surface area contributed by atoms with Gasteiger partial charge in [-0.25, -0.2) is 0 Å². The molecule has 0 aromatic rings. The fourth-order valence-electron chi connectivity index (χ4n) is 3.34. The zero-order valence-electron chi connectivity index (χ0n) is 23.6. The third-order valence-electron chi connectivity index (χ3n) is 5.12. The molecule has 2 atom stereocenters. The van der Waals surface area contributed by atoms with Gasteiger partial charge in [0.05, 0.1) is 22.7 Å². The van der Waals surface area contributed by atoms with Crippen LogP contribution in [0, 0.1) is 0 Å². The standard InChI is InChI=1S/C16H24ClNO2.C11H14ClN3.C2H6/c1-6-9-18(5)16(20)14(8-3)15(17)11-13(7-2)10-12(4)19;1-7(13)11-14-9-4-2-3-8(12)5-10(6-9)15-11;1-2/h7-8,11H,6,9-10H2,1-5H3;2,4-7,10H,3,13H2,1H3,(H,14,15);1-2H3/b13-7-,14-8+,15-11+;4-2-,8-5+;. The van der Waals surface area contributed by atoms with Gasteiger partial charge in [0.2, 0.25) is 0 Å². The fraction of sp³-hybridized carbons (Fsp3) is 0.483. The van der Waals surface area contributed by atoms with Crippen LogP contribution in [-0.2, 0) is 9.59 Å². The number of halogens is 2. The van der Waals surface area contributed by atoms with E-state index in [1.165, 1.54) is 6.92 Å². The third kappa shape index (κ3) is 13.1. The van der Waals surface area contributed by atoms with Crippen molar-refractivity contribution >= 4 is 40.7 Å². The summed E-state index contributed by atoms with van der Waals surface area (Å²) in [5.74, 6) is 0.772. The monoisotopic (exact) mass is 550 g/mol. The predicted molar refractivity (Wildman–Crippen MR) is 160 cm³/mol. The molecule has 1 amide bonds. The van der Waals surface area contributed by atoms with Gasteiger partial charge in [-0.05, 0) is 64.0 Å². The van der Waals surface area contributed by atoms with Gasteiger partial charge in [0.1, 0.15) is 11.6 Å². The van der Waals surface area contributed by atoms with Gasteiger partial charge < -0.3 is 16.0 Å². The Balaban J connectivity index is 0.000000674. The molecule has 1 aliphatic heterocycles. The van der Waals surface area contributed by atoms with Crippen molar-refractivity contribution in [1.29, 1.82) is 0 Å². The Bertz CT molecular complexity index is 986. The van der Waals surface area contributed by atoms with E-state index in [1.54, 1.807) is 31.0 Å². The van der Waals surface area contributed by atoms with Crippen LogP contribution in [-0.4, -0.2) is 48.1 Å². The summed E-state index contributed by atoms with van der Waals surface area (Å²) >= 11 is 12.3. The van der Waals surface area contributed by atoms with Crippen molar-refractivity contribution in [2.24, 2.45) is 10.7 Å². The summed E-state index contributed by atoms with van der Waals surface area (Å²) in [4.78, 5) is 29.5. The molecule has 0 aromatic carbocycles. The SMILES string of the molecule is CC.CC(N)C1=NC2C=C(/C=C\C/C(Cl)=C\2)N1.C\C=C(/C=C(Cl)\C(=C/C)C(=O)N(C)CCC)CC(C)=O. The Hall–Kier alpha value is -2.41. The van der Waals surface area contributed by atoms with E-state index in [-0.39, 0.29) is 23.8 Å². The number of nitrogens with zero attached hydrogens (tertiary/aromatic N) is 2. The number of amides is 1. The number of nitrogens with two attached hydrogens (primary N) is 1. The topological polar surface area (TPSA) is 87.8 Å². The van der Waals surface area contributed by atoms with Crippen molar-refractivity contribution in [3.63, 3.8) is 0 Å². The number of Topliss-reactive ketones (excluding diaryl/α,β-unsaturated/α-hetero) is 1. The van der Waals surface area contributed by atoms with Gasteiger partial charge in [-0.15, -0.1) is 0 Å². The summed E-state index contributed by atoms with van der Waals surface area (Å²) in [6, 6.07) is -0.0732. The zero-order valence-corrected chi connectivity index (χ0v) is 25.1. The fourth-order valence-corrected chi connectivity index (χ4v) is 3.89. The van der Waals surface area contributed by atoms with Crippen LogP contribution in [0.4, 0.5) is 0 Å². The van der Waals surface area contributed by atoms with Gasteiger partial charge in [-0.3, -0.25) is 14.6 Å². The van der Waals surface area contributed by atoms with E-state index in [9.17, 15) is 9.59 Å². The molecule has 0 fully saturated rings. The molecule has 2 aliphatic rings. The van der Waals surface area contributed by atoms with Crippen LogP contribution in [0.5, 0.6) is 0 Å². The maximum absolute atomic E-state index is 12.2. The van der Waals surface area contributed by atoms with E-state index in [0.29, 0.717) is 23.6 Å². The number of ketones is 1. The second-order valence-corrected chi connectivity index (χ2v) is 9.32. The summed E-state index contributed by atoms with van der Waals surface area (Å²) in [5, 5.41) is 4.38. The van der Waals surface area contributed by atoms with E-state index in [0.717, 1.165) is 35.0 Å². The molecule has 3 N–H and O–H groups in total. The van der Waals surface area contributed by atoms with Gasteiger partial charge in [-0.1, -0.05) is 62.2 Å². The molecule has 0 saturated carbocycles. The minimum atomic E-state index is -0.103. The number of carbonyl (C=O) groups excluding carboxylic acids is 2. The van der Waals surface area contributed by atoms with Gasteiger partial charge in [-0.2, -0.15) is 0 Å². The highest BCUT2D eigenvalue weighted by molar-refractivity contribution is 6.35. The van der Waals surface area contributed by atoms with Crippen molar-refractivity contribution < 1.29 is 9.59 Å². The van der Waals surface area contributed by atoms with Crippen molar-refractivity contribution in [3.05, 3.63) is 69.4 Å². The number of hydrogen-bond acceptors (Lipinski definition) is 5. The van der Waals surface area contributed by atoms with Crippen molar-refractivity contribution in [2.45, 2.75) is 79.8 Å². The average molecular weight is 552 g/mol. The van der Waals surface area contributed by atoms with Crippen LogP contribution in [0.3, 0.4) is 0 Å². The molecule has 6 nitrogen and oxygen atoms in total. The first kappa shape index (κ1) is 34.6. The number of carbonyl (C=O) groups is 2. The van der Waals surface area contributed by atoms with Gasteiger partial charge in [0.25, 0.3) is 5.91 Å². The van der Waals surface area contributed by atoms with E-state index >= 15 is 0 Å². The lowest BCUT2D eigenvalue weighted by atomic mass is 10.1. The first-order valence-electron chi connectivity index (χ1n) is 12.8. The number of likely N-dealkylation sites (N-methyl/N-ethyl adjacent to an activating group) is 1.